The Kier molecular flexibility index (Phi) is 9.52. The number of alkyl halides is 2. The summed E-state index contributed by atoms with van der Waals surface area (Å²) in [5.74, 6) is 0.736. The number of aryl methyl sites for hydroxylation is 5. The minimum Gasteiger partial charge on any atom is -0.435 e. The number of rotatable bonds is 13. The number of ether oxygens (including phenoxy) is 1. The van der Waals surface area contributed by atoms with Crippen LogP contribution in [0.5, 0.6) is 5.75 Å². The van der Waals surface area contributed by atoms with Gasteiger partial charge in [0, 0.05) is 24.2 Å². The van der Waals surface area contributed by atoms with Gasteiger partial charge in [-0.1, -0.05) is 68.7 Å². The van der Waals surface area contributed by atoms with Crippen molar-refractivity contribution in [3.05, 3.63) is 101 Å². The van der Waals surface area contributed by atoms with Gasteiger partial charge in [-0.3, -0.25) is 0 Å². The molecule has 0 saturated carbocycles. The lowest BCUT2D eigenvalue weighted by Gasteiger charge is -2.10. The van der Waals surface area contributed by atoms with E-state index in [-0.39, 0.29) is 11.6 Å². The van der Waals surface area contributed by atoms with Crippen LogP contribution in [0.25, 0.3) is 10.8 Å². The summed E-state index contributed by atoms with van der Waals surface area (Å²) in [6, 6.07) is 16.1. The highest BCUT2D eigenvalue weighted by Gasteiger charge is 2.10. The second-order valence-corrected chi connectivity index (χ2v) is 9.43. The lowest BCUT2D eigenvalue weighted by atomic mass is 9.98. The van der Waals surface area contributed by atoms with Crippen molar-refractivity contribution in [1.29, 1.82) is 0 Å². The molecule has 4 rings (SSSR count). The molecule has 0 amide bonds. The minimum absolute atomic E-state index is 0.118. The summed E-state index contributed by atoms with van der Waals surface area (Å²) in [5.41, 5.74) is 3.88. The first-order chi connectivity index (χ1) is 18.0. The van der Waals surface area contributed by atoms with Crippen LogP contribution < -0.4 is 4.74 Å². The van der Waals surface area contributed by atoms with Gasteiger partial charge < -0.3 is 4.74 Å². The van der Waals surface area contributed by atoms with Gasteiger partial charge in [0.1, 0.15) is 17.4 Å². The van der Waals surface area contributed by atoms with Gasteiger partial charge in [0.2, 0.25) is 0 Å². The maximum Gasteiger partial charge on any atom is 0.387 e. The molecule has 4 aromatic rings. The molecule has 0 aliphatic rings. The van der Waals surface area contributed by atoms with Gasteiger partial charge in [-0.05, 0) is 71.9 Å². The van der Waals surface area contributed by atoms with Crippen LogP contribution in [-0.2, 0) is 32.1 Å². The molecule has 1 heterocycles. The molecular weight excluding hydrogens is 473 g/mol. The maximum atomic E-state index is 15.2. The lowest BCUT2D eigenvalue weighted by molar-refractivity contribution is -0.0498. The first-order valence-electron chi connectivity index (χ1n) is 13.1. The summed E-state index contributed by atoms with van der Waals surface area (Å²) < 4.78 is 44.2. The highest BCUT2D eigenvalue weighted by atomic mass is 19.3. The number of fused-ring (bicyclic) bond motifs is 1. The van der Waals surface area contributed by atoms with Crippen LogP contribution >= 0.6 is 0 Å². The van der Waals surface area contributed by atoms with E-state index < -0.39 is 6.61 Å². The van der Waals surface area contributed by atoms with E-state index in [1.165, 1.54) is 43.4 Å². The molecule has 0 aliphatic heterocycles. The molecule has 0 aliphatic carbocycles. The Morgan fingerprint density at radius 2 is 1.46 bits per heavy atom. The van der Waals surface area contributed by atoms with Crippen molar-refractivity contribution in [3.63, 3.8) is 0 Å². The Hall–Kier alpha value is -3.41. The van der Waals surface area contributed by atoms with Gasteiger partial charge in [0.15, 0.2) is 0 Å². The smallest absolute Gasteiger partial charge is 0.387 e. The number of benzene rings is 3. The first kappa shape index (κ1) is 26.6. The number of halogens is 3. The molecule has 0 bridgehead atoms. The van der Waals surface area contributed by atoms with Crippen molar-refractivity contribution in [3.8, 4) is 5.75 Å². The summed E-state index contributed by atoms with van der Waals surface area (Å²) in [4.78, 5) is 9.06. The van der Waals surface area contributed by atoms with Crippen LogP contribution in [-0.4, -0.2) is 16.6 Å². The fourth-order valence-electron chi connectivity index (χ4n) is 4.50. The molecule has 0 saturated heterocycles. The van der Waals surface area contributed by atoms with E-state index >= 15 is 4.39 Å². The Morgan fingerprint density at radius 3 is 2.19 bits per heavy atom. The van der Waals surface area contributed by atoms with E-state index in [2.05, 4.69) is 21.6 Å². The molecule has 0 radical (unpaired) electrons. The molecule has 37 heavy (non-hydrogen) atoms. The van der Waals surface area contributed by atoms with Crippen LogP contribution in [0, 0.1) is 5.82 Å². The lowest BCUT2D eigenvalue weighted by Crippen LogP contribution is -2.02. The predicted molar refractivity (Wildman–Crippen MR) is 142 cm³/mol. The summed E-state index contributed by atoms with van der Waals surface area (Å²) in [5, 5.41) is 1.47. The average Bonchev–Trinajstić information content (AvgIpc) is 2.91. The molecule has 3 nitrogen and oxygen atoms in total. The minimum atomic E-state index is -2.84. The summed E-state index contributed by atoms with van der Waals surface area (Å²) >= 11 is 0. The summed E-state index contributed by atoms with van der Waals surface area (Å²) in [7, 11) is 0. The van der Waals surface area contributed by atoms with E-state index in [4.69, 9.17) is 0 Å². The Bertz CT molecular complexity index is 1270. The number of hydrogen-bond donors (Lipinski definition) is 0. The van der Waals surface area contributed by atoms with Crippen LogP contribution in [0.3, 0.4) is 0 Å². The highest BCUT2D eigenvalue weighted by molar-refractivity contribution is 5.84. The molecule has 1 aromatic heterocycles. The van der Waals surface area contributed by atoms with E-state index in [9.17, 15) is 8.78 Å². The third kappa shape index (κ3) is 7.78. The molecule has 3 aromatic carbocycles. The normalized spacial score (nSPS) is 11.4. The van der Waals surface area contributed by atoms with E-state index in [1.807, 2.05) is 42.7 Å². The zero-order valence-corrected chi connectivity index (χ0v) is 21.2. The first-order valence-corrected chi connectivity index (χ1v) is 13.1. The van der Waals surface area contributed by atoms with Crippen LogP contribution in [0.4, 0.5) is 13.2 Å². The van der Waals surface area contributed by atoms with Crippen molar-refractivity contribution in [2.45, 2.75) is 71.3 Å². The summed E-state index contributed by atoms with van der Waals surface area (Å²) in [6.45, 7) is -0.631. The molecular formula is C31H33F3N2O. The van der Waals surface area contributed by atoms with Crippen molar-refractivity contribution >= 4 is 10.8 Å². The third-order valence-electron chi connectivity index (χ3n) is 6.65. The molecule has 0 atom stereocenters. The van der Waals surface area contributed by atoms with Crippen LogP contribution in [0.2, 0.25) is 0 Å². The van der Waals surface area contributed by atoms with E-state index in [0.29, 0.717) is 23.8 Å². The third-order valence-corrected chi connectivity index (χ3v) is 6.65. The monoisotopic (exact) mass is 506 g/mol. The Balaban J connectivity index is 1.33. The van der Waals surface area contributed by atoms with Crippen molar-refractivity contribution in [1.82, 2.24) is 9.97 Å². The number of nitrogens with zero attached hydrogens (tertiary/aromatic N) is 2. The quantitative estimate of drug-likeness (QED) is 0.172. The van der Waals surface area contributed by atoms with E-state index in [0.717, 1.165) is 41.6 Å². The molecule has 194 valence electrons. The van der Waals surface area contributed by atoms with Crippen molar-refractivity contribution in [2.24, 2.45) is 0 Å². The second-order valence-electron chi connectivity index (χ2n) is 9.43. The fourth-order valence-corrected chi connectivity index (χ4v) is 4.50. The molecule has 0 unspecified atom stereocenters. The van der Waals surface area contributed by atoms with Gasteiger partial charge >= 0.3 is 6.61 Å². The van der Waals surface area contributed by atoms with Gasteiger partial charge in [-0.2, -0.15) is 8.78 Å². The second kappa shape index (κ2) is 13.2. The topological polar surface area (TPSA) is 35.0 Å². The predicted octanol–water partition coefficient (Wildman–Crippen LogP) is 8.06. The molecule has 0 fully saturated rings. The number of hydrogen-bond acceptors (Lipinski definition) is 3. The fraction of sp³-hybridized carbons (Fsp3) is 0.355. The van der Waals surface area contributed by atoms with Gasteiger partial charge in [0.25, 0.3) is 0 Å². The molecule has 6 heteroatoms. The van der Waals surface area contributed by atoms with Crippen LogP contribution in [0.15, 0.2) is 67.0 Å². The van der Waals surface area contributed by atoms with Crippen molar-refractivity contribution < 1.29 is 17.9 Å². The summed E-state index contributed by atoms with van der Waals surface area (Å²) in [6.07, 6.45) is 12.5. The zero-order chi connectivity index (χ0) is 26.0. The van der Waals surface area contributed by atoms with Gasteiger partial charge in [0.05, 0.1) is 0 Å². The van der Waals surface area contributed by atoms with Gasteiger partial charge in [-0.25, -0.2) is 14.4 Å². The van der Waals surface area contributed by atoms with Crippen molar-refractivity contribution in [2.75, 3.05) is 0 Å². The number of aromatic nitrogens is 2. The maximum absolute atomic E-state index is 15.2. The number of unbranched alkanes of at least 4 members (excludes halogenated alkanes) is 3. The Labute approximate surface area is 216 Å². The SMILES string of the molecule is CCCCCCc1cnc(CCc2ccc3c(F)c(CCc4ccc(OC(F)F)cc4)ccc3c2)nc1. The zero-order valence-electron chi connectivity index (χ0n) is 21.2. The van der Waals surface area contributed by atoms with E-state index in [1.54, 1.807) is 12.1 Å². The molecule has 0 N–H and O–H groups in total. The largest absolute Gasteiger partial charge is 0.435 e. The molecule has 0 spiro atoms. The highest BCUT2D eigenvalue weighted by Crippen LogP contribution is 2.25. The van der Waals surface area contributed by atoms with Gasteiger partial charge in [-0.15, -0.1) is 0 Å². The average molecular weight is 507 g/mol. The standard InChI is InChI=1S/C31H33F3N2O/c1-2-3-4-5-6-24-20-35-29(36-21-24)18-11-23-10-17-28-26(19-23)14-13-25(30(28)32)12-7-22-8-15-27(16-9-22)37-31(33)34/h8-10,13-17,19-21,31H,2-7,11-12,18H2,1H3. The Morgan fingerprint density at radius 1 is 0.730 bits per heavy atom. The van der Waals surface area contributed by atoms with Crippen LogP contribution in [0.1, 0.15) is 60.7 Å².